The Labute approximate surface area is 203 Å². The molecule has 0 aliphatic heterocycles. The zero-order chi connectivity index (χ0) is 26.1. The first-order chi connectivity index (χ1) is 16.9. The van der Waals surface area contributed by atoms with Crippen molar-refractivity contribution in [1.82, 2.24) is 19.7 Å². The van der Waals surface area contributed by atoms with Crippen LogP contribution in [0.4, 0.5) is 46.4 Å². The number of nitrogen functional groups attached to an aromatic ring is 1. The average Bonchev–Trinajstić information content (AvgIpc) is 3.21. The number of alkyl halides is 3. The van der Waals surface area contributed by atoms with Crippen LogP contribution in [0, 0.1) is 5.82 Å². The van der Waals surface area contributed by atoms with Crippen LogP contribution in [-0.4, -0.2) is 30.5 Å². The molecule has 0 radical (unpaired) electrons. The summed E-state index contributed by atoms with van der Waals surface area (Å²) >= 11 is 0. The summed E-state index contributed by atoms with van der Waals surface area (Å²) in [5, 5.41) is 20.0. The molecule has 0 saturated carbocycles. The summed E-state index contributed by atoms with van der Waals surface area (Å²) in [6.07, 6.45) is 0.0925. The second kappa shape index (κ2) is 9.46. The van der Waals surface area contributed by atoms with Crippen LogP contribution in [0.3, 0.4) is 0 Å². The molecule has 0 saturated heterocycles. The van der Waals surface area contributed by atoms with Crippen molar-refractivity contribution < 1.29 is 22.7 Å². The molecule has 4 rings (SSSR count). The minimum absolute atomic E-state index is 0.0332. The lowest BCUT2D eigenvalue weighted by Gasteiger charge is -2.16. The van der Waals surface area contributed by atoms with E-state index in [1.807, 2.05) is 0 Å². The molecular weight excluding hydrogens is 478 g/mol. The smallest absolute Gasteiger partial charge is 0.399 e. The summed E-state index contributed by atoms with van der Waals surface area (Å²) in [6, 6.07) is 8.43. The Balaban J connectivity index is 1.69. The maximum Gasteiger partial charge on any atom is 0.416 e. The first kappa shape index (κ1) is 24.9. The molecule has 8 nitrogen and oxygen atoms in total. The Morgan fingerprint density at radius 1 is 1.03 bits per heavy atom. The molecule has 188 valence electrons. The third kappa shape index (κ3) is 6.08. The van der Waals surface area contributed by atoms with E-state index in [-0.39, 0.29) is 24.0 Å². The molecule has 2 heterocycles. The van der Waals surface area contributed by atoms with Gasteiger partial charge in [-0.1, -0.05) is 12.1 Å². The topological polar surface area (TPSA) is 114 Å². The number of nitrogens with one attached hydrogen (secondary N) is 2. The van der Waals surface area contributed by atoms with E-state index in [2.05, 4.69) is 25.7 Å². The van der Waals surface area contributed by atoms with Gasteiger partial charge in [-0.3, -0.25) is 4.68 Å². The molecule has 0 unspecified atom stereocenters. The van der Waals surface area contributed by atoms with Gasteiger partial charge in [-0.05, 0) is 49.7 Å². The van der Waals surface area contributed by atoms with Gasteiger partial charge in [0.15, 0.2) is 0 Å². The Bertz CT molecular complexity index is 1360. The van der Waals surface area contributed by atoms with Gasteiger partial charge in [0.25, 0.3) is 0 Å². The molecule has 0 fully saturated rings. The van der Waals surface area contributed by atoms with Crippen molar-refractivity contribution in [1.29, 1.82) is 0 Å². The van der Waals surface area contributed by atoms with E-state index in [1.54, 1.807) is 24.7 Å². The number of hydrogen-bond acceptors (Lipinski definition) is 7. The third-order valence-electron chi connectivity index (χ3n) is 4.99. The SMILES string of the molecule is CC(C)(O)Cn1cc(Nc2ncc(-c3ccc(C(F)(F)F)cc3)c(Nc3cc(N)ccc3F)n2)cn1. The van der Waals surface area contributed by atoms with E-state index in [0.717, 1.165) is 12.1 Å². The second-order valence-electron chi connectivity index (χ2n) is 8.76. The van der Waals surface area contributed by atoms with E-state index in [1.165, 1.54) is 42.7 Å². The first-order valence-corrected chi connectivity index (χ1v) is 10.8. The summed E-state index contributed by atoms with van der Waals surface area (Å²) in [6.45, 7) is 3.56. The predicted molar refractivity (Wildman–Crippen MR) is 128 cm³/mol. The monoisotopic (exact) mass is 501 g/mol. The zero-order valence-electron chi connectivity index (χ0n) is 19.3. The van der Waals surface area contributed by atoms with Crippen LogP contribution in [-0.2, 0) is 12.7 Å². The number of hydrogen-bond donors (Lipinski definition) is 4. The van der Waals surface area contributed by atoms with E-state index < -0.39 is 23.2 Å². The summed E-state index contributed by atoms with van der Waals surface area (Å²) in [5.74, 6) is -0.329. The summed E-state index contributed by atoms with van der Waals surface area (Å²) in [7, 11) is 0. The van der Waals surface area contributed by atoms with Gasteiger partial charge >= 0.3 is 6.18 Å². The molecule has 2 aromatic carbocycles. The van der Waals surface area contributed by atoms with Gasteiger partial charge < -0.3 is 21.5 Å². The van der Waals surface area contributed by atoms with E-state index in [4.69, 9.17) is 5.73 Å². The number of anilines is 5. The molecule has 0 bridgehead atoms. The maximum absolute atomic E-state index is 14.4. The molecule has 4 aromatic rings. The summed E-state index contributed by atoms with van der Waals surface area (Å²) in [4.78, 5) is 8.67. The lowest BCUT2D eigenvalue weighted by molar-refractivity contribution is -0.137. The van der Waals surface area contributed by atoms with Gasteiger partial charge in [0.1, 0.15) is 11.6 Å². The highest BCUT2D eigenvalue weighted by Crippen LogP contribution is 2.34. The van der Waals surface area contributed by atoms with E-state index >= 15 is 0 Å². The van der Waals surface area contributed by atoms with Crippen molar-refractivity contribution in [3.8, 4) is 11.1 Å². The highest BCUT2D eigenvalue weighted by Gasteiger charge is 2.30. The fourth-order valence-electron chi connectivity index (χ4n) is 3.39. The molecule has 2 aromatic heterocycles. The van der Waals surface area contributed by atoms with Crippen LogP contribution in [0.5, 0.6) is 0 Å². The lowest BCUT2D eigenvalue weighted by atomic mass is 10.1. The molecular formula is C24H23F4N7O. The van der Waals surface area contributed by atoms with Gasteiger partial charge in [0, 0.05) is 23.6 Å². The average molecular weight is 501 g/mol. The van der Waals surface area contributed by atoms with Gasteiger partial charge in [-0.15, -0.1) is 0 Å². The molecule has 36 heavy (non-hydrogen) atoms. The number of halogens is 4. The second-order valence-corrected chi connectivity index (χ2v) is 8.76. The predicted octanol–water partition coefficient (Wildman–Crippen LogP) is 5.34. The first-order valence-electron chi connectivity index (χ1n) is 10.8. The fourth-order valence-corrected chi connectivity index (χ4v) is 3.39. The van der Waals surface area contributed by atoms with Gasteiger partial charge in [-0.25, -0.2) is 9.37 Å². The molecule has 0 aliphatic carbocycles. The Kier molecular flexibility index (Phi) is 6.55. The maximum atomic E-state index is 14.4. The van der Waals surface area contributed by atoms with Crippen LogP contribution < -0.4 is 16.4 Å². The van der Waals surface area contributed by atoms with E-state index in [0.29, 0.717) is 22.5 Å². The lowest BCUT2D eigenvalue weighted by Crippen LogP contribution is -2.26. The molecule has 5 N–H and O–H groups in total. The Morgan fingerprint density at radius 2 is 1.75 bits per heavy atom. The number of aliphatic hydroxyl groups is 1. The number of nitrogens with two attached hydrogens (primary N) is 1. The Hall–Kier alpha value is -4.19. The largest absolute Gasteiger partial charge is 0.416 e. The number of benzene rings is 2. The normalized spacial score (nSPS) is 12.0. The number of rotatable bonds is 7. The van der Waals surface area contributed by atoms with Crippen LogP contribution in [0.15, 0.2) is 61.1 Å². The number of aromatic nitrogens is 4. The number of nitrogens with zero attached hydrogens (tertiary/aromatic N) is 4. The highest BCUT2D eigenvalue weighted by atomic mass is 19.4. The van der Waals surface area contributed by atoms with Crippen molar-refractivity contribution in [3.05, 3.63) is 72.4 Å². The summed E-state index contributed by atoms with van der Waals surface area (Å²) in [5.41, 5.74) is 5.61. The summed E-state index contributed by atoms with van der Waals surface area (Å²) < 4.78 is 55.0. The van der Waals surface area contributed by atoms with Crippen molar-refractivity contribution in [2.75, 3.05) is 16.4 Å². The third-order valence-corrected chi connectivity index (χ3v) is 4.99. The van der Waals surface area contributed by atoms with Crippen LogP contribution in [0.25, 0.3) is 11.1 Å². The quantitative estimate of drug-likeness (QED) is 0.200. The van der Waals surface area contributed by atoms with Crippen LogP contribution >= 0.6 is 0 Å². The Morgan fingerprint density at radius 3 is 2.42 bits per heavy atom. The zero-order valence-corrected chi connectivity index (χ0v) is 19.3. The van der Waals surface area contributed by atoms with Crippen molar-refractivity contribution in [2.24, 2.45) is 0 Å². The van der Waals surface area contributed by atoms with E-state index in [9.17, 15) is 22.7 Å². The van der Waals surface area contributed by atoms with Gasteiger partial charge in [0.2, 0.25) is 5.95 Å². The highest BCUT2D eigenvalue weighted by molar-refractivity contribution is 5.79. The minimum Gasteiger partial charge on any atom is -0.399 e. The molecule has 12 heteroatoms. The minimum atomic E-state index is -4.48. The molecule has 0 spiro atoms. The van der Waals surface area contributed by atoms with Gasteiger partial charge in [0.05, 0.1) is 35.3 Å². The molecule has 0 atom stereocenters. The molecule has 0 aliphatic rings. The van der Waals surface area contributed by atoms with Crippen molar-refractivity contribution in [2.45, 2.75) is 32.2 Å². The standard InChI is InChI=1S/C24H23F4N7O/c1-23(2,36)13-35-12-17(10-31-35)32-22-30-11-18(14-3-5-15(6-4-14)24(26,27)28)21(34-22)33-20-9-16(29)7-8-19(20)25/h3-12,36H,13,29H2,1-2H3,(H2,30,32,33,34). The van der Waals surface area contributed by atoms with Crippen LogP contribution in [0.1, 0.15) is 19.4 Å². The van der Waals surface area contributed by atoms with Crippen LogP contribution in [0.2, 0.25) is 0 Å². The van der Waals surface area contributed by atoms with Crippen molar-refractivity contribution in [3.63, 3.8) is 0 Å². The van der Waals surface area contributed by atoms with Crippen molar-refractivity contribution >= 4 is 28.8 Å². The fraction of sp³-hybridized carbons (Fsp3) is 0.208. The molecule has 0 amide bonds. The van der Waals surface area contributed by atoms with Gasteiger partial charge in [-0.2, -0.15) is 23.3 Å².